The number of amides is 2. The summed E-state index contributed by atoms with van der Waals surface area (Å²) in [5, 5.41) is 11.8. The third kappa shape index (κ3) is 4.21. The Morgan fingerprint density at radius 1 is 1.43 bits per heavy atom. The second-order valence-electron chi connectivity index (χ2n) is 4.12. The number of carbonyl (C=O) groups is 2. The molecule has 2 amide bonds. The minimum Gasteiger partial charge on any atom is -0.399 e. The second-order valence-corrected chi connectivity index (χ2v) is 4.12. The number of hydrogen-bond donors (Lipinski definition) is 2. The summed E-state index contributed by atoms with van der Waals surface area (Å²) in [6.07, 6.45) is 2.84. The van der Waals surface area contributed by atoms with Crippen LogP contribution in [-0.2, 0) is 9.59 Å². The van der Waals surface area contributed by atoms with Gasteiger partial charge < -0.3 is 11.1 Å². The number of benzene rings is 1. The highest BCUT2D eigenvalue weighted by molar-refractivity contribution is 6.21. The largest absolute Gasteiger partial charge is 0.399 e. The lowest BCUT2D eigenvalue weighted by Gasteiger charge is -2.18. The van der Waals surface area contributed by atoms with Crippen LogP contribution in [0, 0.1) is 11.3 Å². The summed E-state index contributed by atoms with van der Waals surface area (Å²) < 4.78 is 0. The van der Waals surface area contributed by atoms with E-state index in [0.29, 0.717) is 17.9 Å². The average Bonchev–Trinajstić information content (AvgIpc) is 2.45. The molecule has 0 aliphatic carbocycles. The molecule has 6 nitrogen and oxygen atoms in total. The van der Waals surface area contributed by atoms with Gasteiger partial charge in [-0.2, -0.15) is 5.26 Å². The van der Waals surface area contributed by atoms with Gasteiger partial charge >= 0.3 is 0 Å². The third-order valence-electron chi connectivity index (χ3n) is 2.53. The molecule has 0 spiro atoms. The lowest BCUT2D eigenvalue weighted by atomic mass is 10.2. The summed E-state index contributed by atoms with van der Waals surface area (Å²) in [6, 6.07) is 8.01. The summed E-state index contributed by atoms with van der Waals surface area (Å²) in [6.45, 7) is 5.17. The van der Waals surface area contributed by atoms with Crippen LogP contribution < -0.4 is 16.0 Å². The highest BCUT2D eigenvalue weighted by atomic mass is 16.2. The van der Waals surface area contributed by atoms with Gasteiger partial charge in [-0.15, -0.1) is 6.58 Å². The normalized spacial score (nSPS) is 10.4. The maximum atomic E-state index is 12.3. The van der Waals surface area contributed by atoms with Gasteiger partial charge in [-0.3, -0.25) is 9.59 Å². The van der Waals surface area contributed by atoms with Gasteiger partial charge in [0, 0.05) is 25.4 Å². The van der Waals surface area contributed by atoms with Crippen molar-refractivity contribution in [2.45, 2.75) is 6.92 Å². The Balaban J connectivity index is 3.10. The zero-order chi connectivity index (χ0) is 15.8. The Kier molecular flexibility index (Phi) is 5.71. The minimum atomic E-state index is -0.702. The number of nitrogen functional groups attached to an aromatic ring is 1. The number of rotatable bonds is 5. The van der Waals surface area contributed by atoms with Crippen LogP contribution in [-0.4, -0.2) is 18.4 Å². The first-order valence-electron chi connectivity index (χ1n) is 6.16. The molecule has 0 aliphatic rings. The highest BCUT2D eigenvalue weighted by Gasteiger charge is 2.23. The van der Waals surface area contributed by atoms with Crippen LogP contribution in [0.3, 0.4) is 0 Å². The van der Waals surface area contributed by atoms with Crippen molar-refractivity contribution in [2.75, 3.05) is 17.2 Å². The number of carbonyl (C=O) groups excluding carboxylic acids is 2. The fourth-order valence-corrected chi connectivity index (χ4v) is 1.57. The van der Waals surface area contributed by atoms with Crippen molar-refractivity contribution in [1.82, 2.24) is 5.32 Å². The maximum absolute atomic E-state index is 12.3. The van der Waals surface area contributed by atoms with E-state index in [-0.39, 0.29) is 5.57 Å². The SMILES string of the molecule is C=CCN/C=C(/C#N)C(=O)N(C(C)=O)c1ccc(N)cc1. The molecule has 1 aromatic carbocycles. The summed E-state index contributed by atoms with van der Waals surface area (Å²) in [5.74, 6) is -1.19. The van der Waals surface area contributed by atoms with Crippen molar-refractivity contribution in [3.05, 3.63) is 48.7 Å². The van der Waals surface area contributed by atoms with Crippen molar-refractivity contribution >= 4 is 23.2 Å². The zero-order valence-corrected chi connectivity index (χ0v) is 11.7. The van der Waals surface area contributed by atoms with Crippen molar-refractivity contribution in [3.8, 4) is 6.07 Å². The molecule has 0 saturated heterocycles. The molecule has 0 fully saturated rings. The van der Waals surface area contributed by atoms with Crippen LogP contribution in [0.4, 0.5) is 11.4 Å². The molecule has 0 saturated carbocycles. The maximum Gasteiger partial charge on any atom is 0.277 e. The Morgan fingerprint density at radius 3 is 2.52 bits per heavy atom. The van der Waals surface area contributed by atoms with E-state index in [9.17, 15) is 9.59 Å². The number of anilines is 2. The van der Waals surface area contributed by atoms with E-state index >= 15 is 0 Å². The fourth-order valence-electron chi connectivity index (χ4n) is 1.57. The molecule has 1 aromatic rings. The first-order valence-corrected chi connectivity index (χ1v) is 6.16. The topological polar surface area (TPSA) is 99.2 Å². The molecular weight excluding hydrogens is 268 g/mol. The lowest BCUT2D eigenvalue weighted by Crippen LogP contribution is -2.36. The Hall–Kier alpha value is -3.07. The van der Waals surface area contributed by atoms with E-state index in [1.807, 2.05) is 0 Å². The zero-order valence-electron chi connectivity index (χ0n) is 11.7. The predicted molar refractivity (Wildman–Crippen MR) is 80.9 cm³/mol. The third-order valence-corrected chi connectivity index (χ3v) is 2.53. The van der Waals surface area contributed by atoms with Crippen molar-refractivity contribution < 1.29 is 9.59 Å². The van der Waals surface area contributed by atoms with Gasteiger partial charge in [-0.05, 0) is 24.3 Å². The van der Waals surface area contributed by atoms with E-state index in [4.69, 9.17) is 11.0 Å². The molecule has 6 heteroatoms. The van der Waals surface area contributed by atoms with Crippen LogP contribution in [0.1, 0.15) is 6.92 Å². The quantitative estimate of drug-likeness (QED) is 0.279. The number of nitrogens with two attached hydrogens (primary N) is 1. The van der Waals surface area contributed by atoms with Crippen molar-refractivity contribution in [1.29, 1.82) is 5.26 Å². The Bertz CT molecular complexity index is 612. The monoisotopic (exact) mass is 284 g/mol. The lowest BCUT2D eigenvalue weighted by molar-refractivity contribution is -0.123. The smallest absolute Gasteiger partial charge is 0.277 e. The van der Waals surface area contributed by atoms with Crippen LogP contribution >= 0.6 is 0 Å². The van der Waals surface area contributed by atoms with Crippen LogP contribution in [0.25, 0.3) is 0 Å². The molecule has 0 radical (unpaired) electrons. The van der Waals surface area contributed by atoms with Crippen molar-refractivity contribution in [3.63, 3.8) is 0 Å². The molecule has 3 N–H and O–H groups in total. The molecular formula is C15H16N4O2. The van der Waals surface area contributed by atoms with Gasteiger partial charge in [0.15, 0.2) is 0 Å². The minimum absolute atomic E-state index is 0.177. The second kappa shape index (κ2) is 7.50. The number of nitrogens with zero attached hydrogens (tertiary/aromatic N) is 2. The molecule has 0 bridgehead atoms. The molecule has 21 heavy (non-hydrogen) atoms. The highest BCUT2D eigenvalue weighted by Crippen LogP contribution is 2.18. The number of nitriles is 1. The van der Waals surface area contributed by atoms with Crippen LogP contribution in [0.15, 0.2) is 48.7 Å². The summed E-state index contributed by atoms with van der Waals surface area (Å²) in [7, 11) is 0. The van der Waals surface area contributed by atoms with E-state index in [0.717, 1.165) is 4.90 Å². The average molecular weight is 284 g/mol. The van der Waals surface area contributed by atoms with Gasteiger partial charge in [0.05, 0.1) is 5.69 Å². The molecule has 0 atom stereocenters. The van der Waals surface area contributed by atoms with Gasteiger partial charge in [-0.1, -0.05) is 6.08 Å². The van der Waals surface area contributed by atoms with E-state index in [1.54, 1.807) is 36.4 Å². The van der Waals surface area contributed by atoms with E-state index < -0.39 is 11.8 Å². The van der Waals surface area contributed by atoms with E-state index in [1.165, 1.54) is 13.1 Å². The molecule has 0 heterocycles. The summed E-state index contributed by atoms with van der Waals surface area (Å²) in [4.78, 5) is 25.0. The molecule has 0 unspecified atom stereocenters. The van der Waals surface area contributed by atoms with Crippen LogP contribution in [0.2, 0.25) is 0 Å². The first-order chi connectivity index (χ1) is 10.0. The molecule has 1 rings (SSSR count). The number of hydrogen-bond acceptors (Lipinski definition) is 5. The number of nitrogens with one attached hydrogen (secondary N) is 1. The Labute approximate surface area is 123 Å². The summed E-state index contributed by atoms with van der Waals surface area (Å²) >= 11 is 0. The molecule has 108 valence electrons. The van der Waals surface area contributed by atoms with Gasteiger partial charge in [0.25, 0.3) is 5.91 Å². The van der Waals surface area contributed by atoms with Gasteiger partial charge in [-0.25, -0.2) is 4.90 Å². The Morgan fingerprint density at radius 2 is 2.05 bits per heavy atom. The number of imide groups is 1. The molecule has 0 aromatic heterocycles. The fraction of sp³-hybridized carbons (Fsp3) is 0.133. The van der Waals surface area contributed by atoms with Crippen molar-refractivity contribution in [2.24, 2.45) is 0 Å². The van der Waals surface area contributed by atoms with Crippen LogP contribution in [0.5, 0.6) is 0 Å². The first kappa shape index (κ1) is 16.0. The standard InChI is InChI=1S/C15H16N4O2/c1-3-8-18-10-12(9-16)15(21)19(11(2)20)14-6-4-13(17)5-7-14/h3-7,10,18H,1,8,17H2,2H3/b12-10-. The molecule has 0 aliphatic heterocycles. The van der Waals surface area contributed by atoms with E-state index in [2.05, 4.69) is 11.9 Å². The summed E-state index contributed by atoms with van der Waals surface area (Å²) in [5.41, 5.74) is 6.26. The van der Waals surface area contributed by atoms with Gasteiger partial charge in [0.1, 0.15) is 11.6 Å². The predicted octanol–water partition coefficient (Wildman–Crippen LogP) is 1.33. The van der Waals surface area contributed by atoms with Gasteiger partial charge in [0.2, 0.25) is 5.91 Å².